The summed E-state index contributed by atoms with van der Waals surface area (Å²) in [4.78, 5) is 27.0. The highest BCUT2D eigenvalue weighted by Crippen LogP contribution is 2.19. The third-order valence-electron chi connectivity index (χ3n) is 3.24. The zero-order chi connectivity index (χ0) is 13.1. The number of thiophene rings is 1. The summed E-state index contributed by atoms with van der Waals surface area (Å²) in [6.07, 6.45) is 1.02. The van der Waals surface area contributed by atoms with Crippen LogP contribution in [0.4, 0.5) is 0 Å². The van der Waals surface area contributed by atoms with Crippen molar-refractivity contribution in [2.24, 2.45) is 0 Å². The molecule has 1 aliphatic rings. The molecule has 2 unspecified atom stereocenters. The number of nitrogens with zero attached hydrogens (tertiary/aromatic N) is 1. The molecular formula is C13H18N2O2S. The first-order chi connectivity index (χ1) is 8.61. The van der Waals surface area contributed by atoms with E-state index in [0.29, 0.717) is 19.4 Å². The van der Waals surface area contributed by atoms with Crippen molar-refractivity contribution in [1.82, 2.24) is 10.2 Å². The molecule has 4 nitrogen and oxygen atoms in total. The molecule has 1 fully saturated rings. The topological polar surface area (TPSA) is 49.4 Å². The lowest BCUT2D eigenvalue weighted by atomic mass is 10.1. The number of nitrogens with one attached hydrogen (secondary N) is 1. The Morgan fingerprint density at radius 2 is 2.28 bits per heavy atom. The number of hydrogen-bond acceptors (Lipinski definition) is 3. The van der Waals surface area contributed by atoms with Gasteiger partial charge in [0, 0.05) is 17.3 Å². The van der Waals surface area contributed by atoms with Crippen molar-refractivity contribution in [3.8, 4) is 0 Å². The molecule has 1 aromatic rings. The first-order valence-electron chi connectivity index (χ1n) is 6.24. The molecule has 0 aliphatic carbocycles. The van der Waals surface area contributed by atoms with Crippen LogP contribution in [0.15, 0.2) is 17.5 Å². The van der Waals surface area contributed by atoms with Gasteiger partial charge in [-0.1, -0.05) is 13.0 Å². The third kappa shape index (κ3) is 2.72. The molecule has 1 N–H and O–H groups in total. The molecule has 1 aliphatic heterocycles. The van der Waals surface area contributed by atoms with E-state index in [1.165, 1.54) is 0 Å². The van der Waals surface area contributed by atoms with Crippen molar-refractivity contribution in [3.05, 3.63) is 22.4 Å². The van der Waals surface area contributed by atoms with Crippen molar-refractivity contribution in [1.29, 1.82) is 0 Å². The Morgan fingerprint density at radius 1 is 1.50 bits per heavy atom. The summed E-state index contributed by atoms with van der Waals surface area (Å²) in [5, 5.41) is 4.79. The van der Waals surface area contributed by atoms with Gasteiger partial charge in [0.2, 0.25) is 11.8 Å². The molecule has 0 radical (unpaired) electrons. The molecule has 0 bridgehead atoms. The summed E-state index contributed by atoms with van der Waals surface area (Å²) < 4.78 is 0. The number of rotatable bonds is 3. The summed E-state index contributed by atoms with van der Waals surface area (Å²) in [6.45, 7) is 4.45. The predicted molar refractivity (Wildman–Crippen MR) is 71.2 cm³/mol. The fourth-order valence-electron chi connectivity index (χ4n) is 2.19. The van der Waals surface area contributed by atoms with Crippen LogP contribution >= 0.6 is 11.3 Å². The quantitative estimate of drug-likeness (QED) is 0.906. The maximum absolute atomic E-state index is 12.4. The van der Waals surface area contributed by atoms with Crippen molar-refractivity contribution in [2.45, 2.75) is 45.3 Å². The Bertz CT molecular complexity index is 430. The minimum atomic E-state index is -0.373. The van der Waals surface area contributed by atoms with E-state index in [-0.39, 0.29) is 23.9 Å². The first-order valence-corrected chi connectivity index (χ1v) is 7.12. The molecule has 18 heavy (non-hydrogen) atoms. The highest BCUT2D eigenvalue weighted by Gasteiger charge is 2.32. The molecule has 0 spiro atoms. The Kier molecular flexibility index (Phi) is 4.01. The van der Waals surface area contributed by atoms with Gasteiger partial charge in [-0.05, 0) is 24.8 Å². The second-order valence-corrected chi connectivity index (χ2v) is 5.66. The molecule has 2 heterocycles. The zero-order valence-corrected chi connectivity index (χ0v) is 11.5. The van der Waals surface area contributed by atoms with Crippen LogP contribution in [0.3, 0.4) is 0 Å². The van der Waals surface area contributed by atoms with Gasteiger partial charge in [0.05, 0.1) is 6.54 Å². The van der Waals surface area contributed by atoms with Gasteiger partial charge in [-0.15, -0.1) is 11.3 Å². The second-order valence-electron chi connectivity index (χ2n) is 4.63. The third-order valence-corrected chi connectivity index (χ3v) is 4.10. The van der Waals surface area contributed by atoms with Gasteiger partial charge < -0.3 is 10.2 Å². The maximum Gasteiger partial charge on any atom is 0.245 e. The van der Waals surface area contributed by atoms with E-state index in [1.807, 2.05) is 36.3 Å². The van der Waals surface area contributed by atoms with Crippen LogP contribution in [0.2, 0.25) is 0 Å². The summed E-state index contributed by atoms with van der Waals surface area (Å²) >= 11 is 1.64. The number of carbonyl (C=O) groups excluding carboxylic acids is 2. The molecule has 0 aromatic carbocycles. The lowest BCUT2D eigenvalue weighted by Gasteiger charge is -2.28. The predicted octanol–water partition coefficient (Wildman–Crippen LogP) is 1.76. The molecular weight excluding hydrogens is 248 g/mol. The summed E-state index contributed by atoms with van der Waals surface area (Å²) in [5.74, 6) is 0.000583. The number of amides is 2. The molecule has 5 heteroatoms. The smallest absolute Gasteiger partial charge is 0.245 e. The van der Waals surface area contributed by atoms with Gasteiger partial charge in [-0.25, -0.2) is 0 Å². The maximum atomic E-state index is 12.4. The van der Waals surface area contributed by atoms with E-state index in [2.05, 4.69) is 5.32 Å². The molecule has 98 valence electrons. The second kappa shape index (κ2) is 5.52. The molecule has 2 atom stereocenters. The minimum absolute atomic E-state index is 0.0311. The van der Waals surface area contributed by atoms with E-state index in [0.717, 1.165) is 4.88 Å². The largest absolute Gasteiger partial charge is 0.344 e. The van der Waals surface area contributed by atoms with Gasteiger partial charge >= 0.3 is 0 Å². The minimum Gasteiger partial charge on any atom is -0.344 e. The van der Waals surface area contributed by atoms with Crippen LogP contribution in [0.25, 0.3) is 0 Å². The first kappa shape index (κ1) is 13.1. The average Bonchev–Trinajstić information content (AvgIpc) is 2.81. The number of hydrogen-bond donors (Lipinski definition) is 1. The zero-order valence-electron chi connectivity index (χ0n) is 10.7. The van der Waals surface area contributed by atoms with E-state index in [1.54, 1.807) is 11.3 Å². The lowest BCUT2D eigenvalue weighted by molar-refractivity contribution is -0.135. The van der Waals surface area contributed by atoms with Crippen molar-refractivity contribution >= 4 is 23.2 Å². The van der Waals surface area contributed by atoms with Crippen molar-refractivity contribution < 1.29 is 9.59 Å². The average molecular weight is 266 g/mol. The van der Waals surface area contributed by atoms with Gasteiger partial charge in [-0.3, -0.25) is 9.59 Å². The van der Waals surface area contributed by atoms with Crippen LogP contribution in [-0.4, -0.2) is 28.8 Å². The van der Waals surface area contributed by atoms with E-state index in [4.69, 9.17) is 0 Å². The summed E-state index contributed by atoms with van der Waals surface area (Å²) in [7, 11) is 0. The molecule has 0 saturated carbocycles. The van der Waals surface area contributed by atoms with Crippen molar-refractivity contribution in [3.63, 3.8) is 0 Å². The van der Waals surface area contributed by atoms with Gasteiger partial charge in [-0.2, -0.15) is 0 Å². The fourth-order valence-corrected chi connectivity index (χ4v) is 2.89. The molecule has 1 saturated heterocycles. The van der Waals surface area contributed by atoms with Gasteiger partial charge in [0.1, 0.15) is 6.04 Å². The van der Waals surface area contributed by atoms with Gasteiger partial charge in [0.15, 0.2) is 0 Å². The lowest BCUT2D eigenvalue weighted by Crippen LogP contribution is -2.45. The van der Waals surface area contributed by atoms with Crippen LogP contribution in [0, 0.1) is 0 Å². The Hall–Kier alpha value is -1.36. The van der Waals surface area contributed by atoms with Crippen LogP contribution in [0.5, 0.6) is 0 Å². The van der Waals surface area contributed by atoms with Crippen LogP contribution < -0.4 is 5.32 Å². The fraction of sp³-hybridized carbons (Fsp3) is 0.538. The molecule has 2 amide bonds. The molecule has 2 rings (SSSR count). The SMILES string of the molecule is CCC1NC(=O)CC(C)N(Cc2cccs2)C1=O. The highest BCUT2D eigenvalue weighted by molar-refractivity contribution is 7.09. The number of carbonyl (C=O) groups is 2. The summed E-state index contributed by atoms with van der Waals surface area (Å²) in [5.41, 5.74) is 0. The van der Waals surface area contributed by atoms with E-state index >= 15 is 0 Å². The van der Waals surface area contributed by atoms with Crippen LogP contribution in [-0.2, 0) is 16.1 Å². The van der Waals surface area contributed by atoms with Crippen molar-refractivity contribution in [2.75, 3.05) is 0 Å². The van der Waals surface area contributed by atoms with E-state index < -0.39 is 0 Å². The highest BCUT2D eigenvalue weighted by atomic mass is 32.1. The Labute approximate surface area is 111 Å². The summed E-state index contributed by atoms with van der Waals surface area (Å²) in [6, 6.07) is 3.58. The molecule has 1 aromatic heterocycles. The Morgan fingerprint density at radius 3 is 2.89 bits per heavy atom. The standard InChI is InChI=1S/C13H18N2O2S/c1-3-11-13(17)15(8-10-5-4-6-18-10)9(2)7-12(16)14-11/h4-6,9,11H,3,7-8H2,1-2H3,(H,14,16). The Balaban J connectivity index is 2.19. The van der Waals surface area contributed by atoms with Crippen LogP contribution in [0.1, 0.15) is 31.6 Å². The normalized spacial score (nSPS) is 24.9. The van der Waals surface area contributed by atoms with Gasteiger partial charge in [0.25, 0.3) is 0 Å². The van der Waals surface area contributed by atoms with E-state index in [9.17, 15) is 9.59 Å². The monoisotopic (exact) mass is 266 g/mol.